The molecular weight excluding hydrogens is 402 g/mol. The second-order valence-corrected chi connectivity index (χ2v) is 8.01. The molecule has 0 saturated carbocycles. The van der Waals surface area contributed by atoms with Crippen molar-refractivity contribution >= 4 is 28.7 Å². The van der Waals surface area contributed by atoms with Gasteiger partial charge in [0.15, 0.2) is 5.88 Å². The normalized spacial score (nSPS) is 21.8. The van der Waals surface area contributed by atoms with Crippen molar-refractivity contribution < 1.29 is 24.2 Å². The second kappa shape index (κ2) is 8.01. The predicted molar refractivity (Wildman–Crippen MR) is 113 cm³/mol. The first-order valence-electron chi connectivity index (χ1n) is 10.4. The number of amides is 5. The van der Waals surface area contributed by atoms with E-state index in [9.17, 15) is 19.5 Å². The van der Waals surface area contributed by atoms with Crippen molar-refractivity contribution in [2.75, 3.05) is 26.7 Å². The molecule has 10 heteroatoms. The highest BCUT2D eigenvalue weighted by Gasteiger charge is 2.53. The number of carbonyl (C=O) groups is 3. The Labute approximate surface area is 179 Å². The van der Waals surface area contributed by atoms with Crippen molar-refractivity contribution in [3.8, 4) is 11.6 Å². The van der Waals surface area contributed by atoms with Gasteiger partial charge in [-0.15, -0.1) is 0 Å². The summed E-state index contributed by atoms with van der Waals surface area (Å²) in [6.07, 6.45) is 2.86. The van der Waals surface area contributed by atoms with Gasteiger partial charge in [0.1, 0.15) is 11.3 Å². The number of imide groups is 1. The third-order valence-corrected chi connectivity index (χ3v) is 6.26. The Hall–Kier alpha value is -3.43. The van der Waals surface area contributed by atoms with Crippen molar-refractivity contribution in [3.05, 3.63) is 24.4 Å². The summed E-state index contributed by atoms with van der Waals surface area (Å²) in [6, 6.07) is 4.64. The quantitative estimate of drug-likeness (QED) is 0.535. The first-order chi connectivity index (χ1) is 14.9. The van der Waals surface area contributed by atoms with Crippen LogP contribution in [0.1, 0.15) is 19.8 Å². The fraction of sp³-hybridized carbons (Fsp3) is 0.476. The molecule has 166 valence electrons. The van der Waals surface area contributed by atoms with E-state index in [2.05, 4.69) is 16.0 Å². The van der Waals surface area contributed by atoms with Crippen LogP contribution >= 0.6 is 0 Å². The number of methoxy groups -OCH3 is 1. The molecule has 2 aromatic rings. The van der Waals surface area contributed by atoms with Crippen LogP contribution in [0.5, 0.6) is 11.6 Å². The third-order valence-electron chi connectivity index (χ3n) is 6.26. The zero-order valence-corrected chi connectivity index (χ0v) is 17.6. The lowest BCUT2D eigenvalue weighted by Crippen LogP contribution is -2.59. The lowest BCUT2D eigenvalue weighted by Gasteiger charge is -2.40. The van der Waals surface area contributed by atoms with Crippen LogP contribution in [0.25, 0.3) is 10.8 Å². The molecule has 0 spiro atoms. The molecule has 2 fully saturated rings. The Morgan fingerprint density at radius 3 is 2.68 bits per heavy atom. The number of rotatable bonds is 5. The van der Waals surface area contributed by atoms with Gasteiger partial charge in [-0.05, 0) is 43.9 Å². The molecule has 4 N–H and O–H groups in total. The molecule has 0 aliphatic carbocycles. The number of hydrogen-bond donors (Lipinski definition) is 4. The minimum atomic E-state index is -1.21. The summed E-state index contributed by atoms with van der Waals surface area (Å²) in [6.45, 7) is 3.46. The van der Waals surface area contributed by atoms with Gasteiger partial charge in [-0.1, -0.05) is 0 Å². The molecule has 1 atom stereocenters. The number of urea groups is 2. The van der Waals surface area contributed by atoms with Crippen molar-refractivity contribution in [1.82, 2.24) is 25.4 Å². The maximum Gasteiger partial charge on any atom is 0.322 e. The second-order valence-electron chi connectivity index (χ2n) is 8.01. The fourth-order valence-electron chi connectivity index (χ4n) is 4.62. The molecule has 5 amide bonds. The van der Waals surface area contributed by atoms with Crippen LogP contribution in [-0.4, -0.2) is 64.8 Å². The van der Waals surface area contributed by atoms with Gasteiger partial charge < -0.3 is 29.9 Å². The van der Waals surface area contributed by atoms with E-state index >= 15 is 0 Å². The molecule has 1 aromatic carbocycles. The molecule has 3 heterocycles. The topological polar surface area (TPSA) is 125 Å². The molecule has 0 radical (unpaired) electrons. The Morgan fingerprint density at radius 1 is 1.32 bits per heavy atom. The van der Waals surface area contributed by atoms with Crippen LogP contribution in [0, 0.1) is 5.92 Å². The Kier molecular flexibility index (Phi) is 5.38. The summed E-state index contributed by atoms with van der Waals surface area (Å²) in [5.74, 6) is 0.0718. The van der Waals surface area contributed by atoms with Gasteiger partial charge in [0, 0.05) is 36.6 Å². The van der Waals surface area contributed by atoms with E-state index in [0.717, 1.165) is 5.39 Å². The predicted octanol–water partition coefficient (Wildman–Crippen LogP) is 1.38. The molecule has 2 saturated heterocycles. The maximum atomic E-state index is 13.0. The Morgan fingerprint density at radius 2 is 2.06 bits per heavy atom. The van der Waals surface area contributed by atoms with Gasteiger partial charge >= 0.3 is 12.1 Å². The SMILES string of the molecule is CCNC(=O)N1CCC(C2(Cn3cc4cc(OC)ccc4c3O)NC(=O)NC2=O)CC1. The van der Waals surface area contributed by atoms with Gasteiger partial charge in [-0.25, -0.2) is 9.59 Å². The average Bonchev–Trinajstić information content (AvgIpc) is 3.23. The van der Waals surface area contributed by atoms with Crippen LogP contribution in [0.2, 0.25) is 0 Å². The van der Waals surface area contributed by atoms with Gasteiger partial charge in [0.05, 0.1) is 13.7 Å². The number of ether oxygens (including phenoxy) is 1. The third kappa shape index (κ3) is 3.62. The molecule has 0 bridgehead atoms. The minimum Gasteiger partial charge on any atom is -0.497 e. The number of likely N-dealkylation sites (tertiary alicyclic amines) is 1. The zero-order valence-electron chi connectivity index (χ0n) is 17.6. The van der Waals surface area contributed by atoms with Crippen molar-refractivity contribution in [1.29, 1.82) is 0 Å². The highest BCUT2D eigenvalue weighted by Crippen LogP contribution is 2.36. The van der Waals surface area contributed by atoms with Crippen molar-refractivity contribution in [2.24, 2.45) is 5.92 Å². The van der Waals surface area contributed by atoms with Crippen LogP contribution in [-0.2, 0) is 11.3 Å². The number of aromatic hydroxyl groups is 1. The van der Waals surface area contributed by atoms with E-state index in [1.165, 1.54) is 0 Å². The van der Waals surface area contributed by atoms with Gasteiger partial charge in [-0.2, -0.15) is 0 Å². The Bertz CT molecular complexity index is 1030. The Balaban J connectivity index is 1.62. The summed E-state index contributed by atoms with van der Waals surface area (Å²) < 4.78 is 6.84. The summed E-state index contributed by atoms with van der Waals surface area (Å²) in [5, 5.41) is 20.1. The van der Waals surface area contributed by atoms with E-state index in [1.807, 2.05) is 6.92 Å². The lowest BCUT2D eigenvalue weighted by atomic mass is 9.77. The molecule has 4 rings (SSSR count). The average molecular weight is 429 g/mol. The van der Waals surface area contributed by atoms with Crippen LogP contribution in [0.3, 0.4) is 0 Å². The minimum absolute atomic E-state index is 0.0192. The van der Waals surface area contributed by atoms with E-state index in [1.54, 1.807) is 41.0 Å². The number of benzene rings is 1. The molecule has 10 nitrogen and oxygen atoms in total. The fourth-order valence-corrected chi connectivity index (χ4v) is 4.62. The molecule has 1 aromatic heterocycles. The summed E-state index contributed by atoms with van der Waals surface area (Å²) in [7, 11) is 1.57. The standard InChI is InChI=1S/C21H27N5O5/c1-3-22-20(30)25-8-6-14(7-9-25)21(18(28)23-19(29)24-21)12-26-11-13-10-15(31-2)4-5-16(13)17(26)27/h4-5,10-11,14,27H,3,6-9,12H2,1-2H3,(H,22,30)(H2,23,24,28,29). The van der Waals surface area contributed by atoms with Crippen LogP contribution in [0.4, 0.5) is 9.59 Å². The summed E-state index contributed by atoms with van der Waals surface area (Å²) in [4.78, 5) is 38.9. The molecule has 2 aliphatic heterocycles. The van der Waals surface area contributed by atoms with Crippen molar-refractivity contribution in [3.63, 3.8) is 0 Å². The largest absolute Gasteiger partial charge is 0.497 e. The summed E-state index contributed by atoms with van der Waals surface area (Å²) >= 11 is 0. The smallest absolute Gasteiger partial charge is 0.322 e. The number of fused-ring (bicyclic) bond motifs is 1. The number of piperidine rings is 1. The first-order valence-corrected chi connectivity index (χ1v) is 10.4. The number of carbonyl (C=O) groups excluding carboxylic acids is 3. The number of aromatic nitrogens is 1. The van der Waals surface area contributed by atoms with Gasteiger partial charge in [0.2, 0.25) is 0 Å². The van der Waals surface area contributed by atoms with E-state index < -0.39 is 17.5 Å². The summed E-state index contributed by atoms with van der Waals surface area (Å²) in [5.41, 5.74) is -1.21. The van der Waals surface area contributed by atoms with E-state index in [-0.39, 0.29) is 24.4 Å². The number of nitrogens with one attached hydrogen (secondary N) is 3. The monoisotopic (exact) mass is 429 g/mol. The van der Waals surface area contributed by atoms with E-state index in [0.29, 0.717) is 43.6 Å². The van der Waals surface area contributed by atoms with Crippen LogP contribution in [0.15, 0.2) is 24.4 Å². The molecule has 2 aliphatic rings. The van der Waals surface area contributed by atoms with Gasteiger partial charge in [-0.3, -0.25) is 10.1 Å². The highest BCUT2D eigenvalue weighted by molar-refractivity contribution is 6.07. The maximum absolute atomic E-state index is 13.0. The van der Waals surface area contributed by atoms with E-state index in [4.69, 9.17) is 4.74 Å². The zero-order chi connectivity index (χ0) is 22.2. The number of nitrogens with zero attached hydrogens (tertiary/aromatic N) is 2. The van der Waals surface area contributed by atoms with Gasteiger partial charge in [0.25, 0.3) is 5.91 Å². The first kappa shape index (κ1) is 20.8. The number of hydrogen-bond acceptors (Lipinski definition) is 5. The molecular formula is C21H27N5O5. The van der Waals surface area contributed by atoms with Crippen molar-refractivity contribution in [2.45, 2.75) is 31.8 Å². The molecule has 31 heavy (non-hydrogen) atoms. The molecule has 1 unspecified atom stereocenters. The van der Waals surface area contributed by atoms with Crippen LogP contribution < -0.4 is 20.7 Å². The highest BCUT2D eigenvalue weighted by atomic mass is 16.5. The lowest BCUT2D eigenvalue weighted by molar-refractivity contribution is -0.127.